The topological polar surface area (TPSA) is 60.9 Å². The van der Waals surface area contributed by atoms with Crippen LogP contribution in [-0.4, -0.2) is 86.7 Å². The average Bonchev–Trinajstić information content (AvgIpc) is 3.22. The standard InChI is InChI=1S/C23H35N5O2S/c1-3-30-19-7-8-20-21(16-19)31-23(25-20)28-11-4-6-18(17-28)22(29)24-9-5-10-27-14-12-26(2)13-15-27/h7-8,16,18H,3-6,9-15,17H2,1-2H3,(H,24,29)/t18-/m0/s1. The summed E-state index contributed by atoms with van der Waals surface area (Å²) < 4.78 is 6.75. The van der Waals surface area contributed by atoms with E-state index < -0.39 is 0 Å². The minimum Gasteiger partial charge on any atom is -0.494 e. The van der Waals surface area contributed by atoms with Gasteiger partial charge in [-0.1, -0.05) is 11.3 Å². The molecule has 3 heterocycles. The Labute approximate surface area is 189 Å². The highest BCUT2D eigenvalue weighted by Crippen LogP contribution is 2.33. The Kier molecular flexibility index (Phi) is 7.63. The van der Waals surface area contributed by atoms with Gasteiger partial charge in [-0.2, -0.15) is 0 Å². The van der Waals surface area contributed by atoms with Crippen LogP contribution in [0.4, 0.5) is 5.13 Å². The van der Waals surface area contributed by atoms with E-state index in [1.807, 2.05) is 19.1 Å². The van der Waals surface area contributed by atoms with Crippen LogP contribution in [0.5, 0.6) is 5.75 Å². The number of likely N-dealkylation sites (N-methyl/N-ethyl adjacent to an activating group) is 1. The zero-order valence-electron chi connectivity index (χ0n) is 18.8. The van der Waals surface area contributed by atoms with Crippen molar-refractivity contribution in [1.82, 2.24) is 20.1 Å². The van der Waals surface area contributed by atoms with Crippen LogP contribution < -0.4 is 15.0 Å². The van der Waals surface area contributed by atoms with Gasteiger partial charge in [0.05, 0.1) is 22.7 Å². The van der Waals surface area contributed by atoms with Gasteiger partial charge in [0.15, 0.2) is 5.13 Å². The molecule has 0 saturated carbocycles. The summed E-state index contributed by atoms with van der Waals surface area (Å²) in [6.45, 7) is 10.8. The van der Waals surface area contributed by atoms with Gasteiger partial charge in [0.25, 0.3) is 0 Å². The monoisotopic (exact) mass is 445 g/mol. The van der Waals surface area contributed by atoms with E-state index in [1.54, 1.807) is 11.3 Å². The third kappa shape index (κ3) is 5.87. The predicted octanol–water partition coefficient (Wildman–Crippen LogP) is 2.67. The highest BCUT2D eigenvalue weighted by Gasteiger charge is 2.27. The summed E-state index contributed by atoms with van der Waals surface area (Å²) in [5.74, 6) is 1.13. The van der Waals surface area contributed by atoms with Crippen molar-refractivity contribution >= 4 is 32.6 Å². The van der Waals surface area contributed by atoms with Crippen LogP contribution in [0.25, 0.3) is 10.2 Å². The predicted molar refractivity (Wildman–Crippen MR) is 127 cm³/mol. The SMILES string of the molecule is CCOc1ccc2nc(N3CCC[C@H](C(=O)NCCCN4CCN(C)CC4)C3)sc2c1. The summed E-state index contributed by atoms with van der Waals surface area (Å²) in [5, 5.41) is 4.20. The number of amides is 1. The third-order valence-electron chi connectivity index (χ3n) is 6.27. The van der Waals surface area contributed by atoms with Crippen LogP contribution in [0.3, 0.4) is 0 Å². The van der Waals surface area contributed by atoms with E-state index in [0.29, 0.717) is 6.61 Å². The second-order valence-electron chi connectivity index (χ2n) is 8.63. The Morgan fingerprint density at radius 1 is 1.26 bits per heavy atom. The Hall–Kier alpha value is -1.90. The molecular formula is C23H35N5O2S. The van der Waals surface area contributed by atoms with E-state index >= 15 is 0 Å². The van der Waals surface area contributed by atoms with Crippen LogP contribution in [-0.2, 0) is 4.79 Å². The number of hydrogen-bond donors (Lipinski definition) is 1. The third-order valence-corrected chi connectivity index (χ3v) is 7.35. The van der Waals surface area contributed by atoms with Crippen LogP contribution in [0, 0.1) is 5.92 Å². The van der Waals surface area contributed by atoms with Crippen LogP contribution >= 0.6 is 11.3 Å². The summed E-state index contributed by atoms with van der Waals surface area (Å²) in [6.07, 6.45) is 3.01. The molecule has 2 aliphatic rings. The van der Waals surface area contributed by atoms with Gasteiger partial charge in [0.2, 0.25) is 5.91 Å². The fourth-order valence-electron chi connectivity index (χ4n) is 4.38. The van der Waals surface area contributed by atoms with Crippen LogP contribution in [0.2, 0.25) is 0 Å². The number of nitrogens with zero attached hydrogens (tertiary/aromatic N) is 4. The lowest BCUT2D eigenvalue weighted by atomic mass is 9.97. The summed E-state index contributed by atoms with van der Waals surface area (Å²) in [6, 6.07) is 6.06. The fraction of sp³-hybridized carbons (Fsp3) is 0.652. The van der Waals surface area contributed by atoms with Crippen molar-refractivity contribution in [2.75, 3.05) is 70.9 Å². The maximum atomic E-state index is 12.8. The number of hydrogen-bond acceptors (Lipinski definition) is 7. The van der Waals surface area contributed by atoms with Crippen molar-refractivity contribution in [3.05, 3.63) is 18.2 Å². The molecule has 7 nitrogen and oxygen atoms in total. The summed E-state index contributed by atoms with van der Waals surface area (Å²) in [7, 11) is 2.18. The summed E-state index contributed by atoms with van der Waals surface area (Å²) in [5.41, 5.74) is 0.999. The molecule has 4 rings (SSSR count). The van der Waals surface area contributed by atoms with E-state index in [2.05, 4.69) is 33.1 Å². The first-order chi connectivity index (χ1) is 15.1. The second kappa shape index (κ2) is 10.6. The van der Waals surface area contributed by atoms with Crippen LogP contribution in [0.1, 0.15) is 26.2 Å². The quantitative estimate of drug-likeness (QED) is 0.631. The molecule has 1 amide bonds. The molecule has 0 unspecified atom stereocenters. The number of aromatic nitrogens is 1. The molecule has 2 aliphatic heterocycles. The summed E-state index contributed by atoms with van der Waals surface area (Å²) >= 11 is 1.69. The zero-order valence-corrected chi connectivity index (χ0v) is 19.6. The summed E-state index contributed by atoms with van der Waals surface area (Å²) in [4.78, 5) is 24.7. The number of carbonyl (C=O) groups excluding carboxylic acids is 1. The lowest BCUT2D eigenvalue weighted by Crippen LogP contribution is -2.46. The first kappa shape index (κ1) is 22.3. The van der Waals surface area contributed by atoms with Gasteiger partial charge in [-0.05, 0) is 58.0 Å². The van der Waals surface area contributed by atoms with Gasteiger partial charge >= 0.3 is 0 Å². The van der Waals surface area contributed by atoms with E-state index in [9.17, 15) is 4.79 Å². The Morgan fingerprint density at radius 3 is 2.90 bits per heavy atom. The second-order valence-corrected chi connectivity index (χ2v) is 9.64. The number of fused-ring (bicyclic) bond motifs is 1. The lowest BCUT2D eigenvalue weighted by Gasteiger charge is -2.33. The number of piperidine rings is 1. The molecule has 1 N–H and O–H groups in total. The van der Waals surface area contributed by atoms with E-state index in [1.165, 1.54) is 0 Å². The van der Waals surface area contributed by atoms with Crippen LogP contribution in [0.15, 0.2) is 18.2 Å². The number of thiazole rings is 1. The highest BCUT2D eigenvalue weighted by molar-refractivity contribution is 7.22. The van der Waals surface area contributed by atoms with Crippen molar-refractivity contribution < 1.29 is 9.53 Å². The first-order valence-electron chi connectivity index (χ1n) is 11.6. The molecule has 0 aliphatic carbocycles. The lowest BCUT2D eigenvalue weighted by molar-refractivity contribution is -0.125. The molecule has 0 bridgehead atoms. The molecule has 1 aromatic carbocycles. The smallest absolute Gasteiger partial charge is 0.224 e. The van der Waals surface area contributed by atoms with Gasteiger partial charge < -0.3 is 24.8 Å². The highest BCUT2D eigenvalue weighted by atomic mass is 32.1. The fourth-order valence-corrected chi connectivity index (χ4v) is 5.41. The van der Waals surface area contributed by atoms with E-state index in [-0.39, 0.29) is 11.8 Å². The number of piperazine rings is 1. The normalized spacial score (nSPS) is 20.8. The minimum absolute atomic E-state index is 0.0448. The molecule has 8 heteroatoms. The first-order valence-corrected chi connectivity index (χ1v) is 12.4. The molecular weight excluding hydrogens is 410 g/mol. The minimum atomic E-state index is 0.0448. The number of anilines is 1. The number of nitrogens with one attached hydrogen (secondary N) is 1. The molecule has 1 atom stereocenters. The van der Waals surface area contributed by atoms with E-state index in [4.69, 9.17) is 9.72 Å². The Morgan fingerprint density at radius 2 is 2.10 bits per heavy atom. The molecule has 31 heavy (non-hydrogen) atoms. The van der Waals surface area contributed by atoms with Gasteiger partial charge in [0, 0.05) is 45.8 Å². The molecule has 2 saturated heterocycles. The van der Waals surface area contributed by atoms with Crippen molar-refractivity contribution in [3.8, 4) is 5.75 Å². The molecule has 0 spiro atoms. The average molecular weight is 446 g/mol. The van der Waals surface area contributed by atoms with Gasteiger partial charge in [0.1, 0.15) is 5.75 Å². The molecule has 2 aromatic rings. The van der Waals surface area contributed by atoms with Crippen molar-refractivity contribution in [1.29, 1.82) is 0 Å². The molecule has 170 valence electrons. The molecule has 0 radical (unpaired) electrons. The molecule has 1 aromatic heterocycles. The van der Waals surface area contributed by atoms with Crippen molar-refractivity contribution in [2.45, 2.75) is 26.2 Å². The Bertz CT molecular complexity index is 865. The maximum Gasteiger partial charge on any atom is 0.224 e. The van der Waals surface area contributed by atoms with E-state index in [0.717, 1.165) is 92.7 Å². The van der Waals surface area contributed by atoms with Crippen molar-refractivity contribution in [3.63, 3.8) is 0 Å². The maximum absolute atomic E-state index is 12.8. The number of benzene rings is 1. The van der Waals surface area contributed by atoms with Gasteiger partial charge in [-0.15, -0.1) is 0 Å². The number of carbonyl (C=O) groups is 1. The van der Waals surface area contributed by atoms with Gasteiger partial charge in [-0.3, -0.25) is 4.79 Å². The van der Waals surface area contributed by atoms with Gasteiger partial charge in [-0.25, -0.2) is 4.98 Å². The van der Waals surface area contributed by atoms with Crippen molar-refractivity contribution in [2.24, 2.45) is 5.92 Å². The number of ether oxygens (including phenoxy) is 1. The molecule has 2 fully saturated rings. The zero-order chi connectivity index (χ0) is 21.6. The number of rotatable bonds is 8. The largest absolute Gasteiger partial charge is 0.494 e. The Balaban J connectivity index is 1.26.